The van der Waals surface area contributed by atoms with Gasteiger partial charge in [0, 0.05) is 9.50 Å². The summed E-state index contributed by atoms with van der Waals surface area (Å²) in [6.45, 7) is 2.15. The van der Waals surface area contributed by atoms with E-state index in [0.717, 1.165) is 27.9 Å². The lowest BCUT2D eigenvalue weighted by molar-refractivity contribution is 0.548. The average Bonchev–Trinajstić information content (AvgIpc) is 2.46. The molecule has 0 amide bonds. The molecule has 0 saturated carbocycles. The summed E-state index contributed by atoms with van der Waals surface area (Å²) < 4.78 is 0.984. The maximum absolute atomic E-state index is 6.29. The Morgan fingerprint density at radius 2 is 1.95 bits per heavy atom. The highest BCUT2D eigenvalue weighted by Crippen LogP contribution is 2.27. The van der Waals surface area contributed by atoms with E-state index in [2.05, 4.69) is 46.5 Å². The quantitative estimate of drug-likeness (QED) is 0.617. The smallest absolute Gasteiger partial charge is 0.0503 e. The van der Waals surface area contributed by atoms with E-state index in [1.807, 2.05) is 24.3 Å². The molecule has 0 aromatic heterocycles. The fourth-order valence-corrected chi connectivity index (χ4v) is 3.11. The summed E-state index contributed by atoms with van der Waals surface area (Å²) in [5, 5.41) is 0.758. The zero-order chi connectivity index (χ0) is 14.5. The SMILES string of the molecule is CCc1ccccc1C(Cc1ccc(Br)cc1Cl)NN. The van der Waals surface area contributed by atoms with Gasteiger partial charge in [-0.25, -0.2) is 0 Å². The Balaban J connectivity index is 2.29. The van der Waals surface area contributed by atoms with Crippen molar-refractivity contribution in [1.29, 1.82) is 0 Å². The summed E-state index contributed by atoms with van der Waals surface area (Å²) in [6, 6.07) is 14.4. The van der Waals surface area contributed by atoms with Crippen molar-refractivity contribution in [2.24, 2.45) is 5.84 Å². The number of rotatable bonds is 5. The van der Waals surface area contributed by atoms with Crippen molar-refractivity contribution in [3.05, 3.63) is 68.7 Å². The molecule has 3 N–H and O–H groups in total. The summed E-state index contributed by atoms with van der Waals surface area (Å²) in [7, 11) is 0. The first-order valence-electron chi connectivity index (χ1n) is 6.63. The topological polar surface area (TPSA) is 38.0 Å². The molecule has 2 aromatic carbocycles. The van der Waals surface area contributed by atoms with Gasteiger partial charge >= 0.3 is 0 Å². The van der Waals surface area contributed by atoms with Crippen molar-refractivity contribution in [2.45, 2.75) is 25.8 Å². The van der Waals surface area contributed by atoms with Gasteiger partial charge in [0.05, 0.1) is 6.04 Å². The molecule has 0 aliphatic rings. The lowest BCUT2D eigenvalue weighted by Crippen LogP contribution is -2.30. The molecule has 2 nitrogen and oxygen atoms in total. The summed E-state index contributed by atoms with van der Waals surface area (Å²) in [5.74, 6) is 5.75. The molecule has 20 heavy (non-hydrogen) atoms. The minimum Gasteiger partial charge on any atom is -0.271 e. The molecule has 2 aromatic rings. The summed E-state index contributed by atoms with van der Waals surface area (Å²) in [5.41, 5.74) is 6.54. The first kappa shape index (κ1) is 15.5. The third-order valence-corrected chi connectivity index (χ3v) is 4.30. The van der Waals surface area contributed by atoms with Crippen LogP contribution in [0.15, 0.2) is 46.9 Å². The first-order valence-corrected chi connectivity index (χ1v) is 7.80. The minimum absolute atomic E-state index is 0.0600. The van der Waals surface area contributed by atoms with Crippen LogP contribution in [-0.2, 0) is 12.8 Å². The maximum atomic E-state index is 6.29. The molecule has 1 atom stereocenters. The number of nitrogens with two attached hydrogens (primary N) is 1. The Kier molecular flexibility index (Phi) is 5.61. The zero-order valence-electron chi connectivity index (χ0n) is 11.4. The van der Waals surface area contributed by atoms with Crippen molar-refractivity contribution in [2.75, 3.05) is 0 Å². The summed E-state index contributed by atoms with van der Waals surface area (Å²) in [4.78, 5) is 0. The second-order valence-corrected chi connectivity index (χ2v) is 6.03. The normalized spacial score (nSPS) is 12.4. The number of benzene rings is 2. The summed E-state index contributed by atoms with van der Waals surface area (Å²) >= 11 is 9.72. The predicted molar refractivity (Wildman–Crippen MR) is 88.7 cm³/mol. The van der Waals surface area contributed by atoms with E-state index in [1.165, 1.54) is 11.1 Å². The lowest BCUT2D eigenvalue weighted by Gasteiger charge is -2.20. The van der Waals surface area contributed by atoms with Crippen LogP contribution in [0.25, 0.3) is 0 Å². The van der Waals surface area contributed by atoms with Crippen molar-refractivity contribution < 1.29 is 0 Å². The van der Waals surface area contributed by atoms with Crippen LogP contribution in [0.3, 0.4) is 0 Å². The molecule has 0 heterocycles. The number of aryl methyl sites for hydroxylation is 1. The monoisotopic (exact) mass is 352 g/mol. The summed E-state index contributed by atoms with van der Waals surface area (Å²) in [6.07, 6.45) is 1.75. The number of hydrogen-bond donors (Lipinski definition) is 2. The molecule has 4 heteroatoms. The Bertz CT molecular complexity index is 586. The number of hydrogen-bond acceptors (Lipinski definition) is 2. The highest BCUT2D eigenvalue weighted by atomic mass is 79.9. The standard InChI is InChI=1S/C16H18BrClN2/c1-2-11-5-3-4-6-14(11)16(20-19)9-12-7-8-13(17)10-15(12)18/h3-8,10,16,20H,2,9,19H2,1H3. The van der Waals surface area contributed by atoms with Gasteiger partial charge in [0.25, 0.3) is 0 Å². The number of hydrazine groups is 1. The van der Waals surface area contributed by atoms with Gasteiger partial charge in [0.2, 0.25) is 0 Å². The number of halogens is 2. The van der Waals surface area contributed by atoms with E-state index in [0.29, 0.717) is 0 Å². The van der Waals surface area contributed by atoms with Crippen molar-refractivity contribution in [3.63, 3.8) is 0 Å². The van der Waals surface area contributed by atoms with E-state index in [4.69, 9.17) is 17.4 Å². The lowest BCUT2D eigenvalue weighted by atomic mass is 9.94. The molecule has 0 aliphatic heterocycles. The molecule has 0 radical (unpaired) electrons. The van der Waals surface area contributed by atoms with E-state index in [1.54, 1.807) is 0 Å². The molecule has 0 saturated heterocycles. The third kappa shape index (κ3) is 3.61. The van der Waals surface area contributed by atoms with Gasteiger partial charge in [0.1, 0.15) is 0 Å². The Hall–Kier alpha value is -0.870. The second-order valence-electron chi connectivity index (χ2n) is 4.71. The molecular weight excluding hydrogens is 336 g/mol. The molecule has 0 spiro atoms. The largest absolute Gasteiger partial charge is 0.271 e. The van der Waals surface area contributed by atoms with Gasteiger partial charge in [0.15, 0.2) is 0 Å². The average molecular weight is 354 g/mol. The van der Waals surface area contributed by atoms with E-state index in [-0.39, 0.29) is 6.04 Å². The van der Waals surface area contributed by atoms with Gasteiger partial charge in [-0.05, 0) is 41.7 Å². The van der Waals surface area contributed by atoms with Crippen LogP contribution in [0.2, 0.25) is 5.02 Å². The van der Waals surface area contributed by atoms with Gasteiger partial charge in [-0.15, -0.1) is 0 Å². The van der Waals surface area contributed by atoms with Crippen LogP contribution in [-0.4, -0.2) is 0 Å². The van der Waals surface area contributed by atoms with Crippen LogP contribution in [0.4, 0.5) is 0 Å². The Morgan fingerprint density at radius 1 is 1.20 bits per heavy atom. The maximum Gasteiger partial charge on any atom is 0.0503 e. The predicted octanol–water partition coefficient (Wildman–Crippen LogP) is 4.41. The fraction of sp³-hybridized carbons (Fsp3) is 0.250. The van der Waals surface area contributed by atoms with Crippen LogP contribution in [0, 0.1) is 0 Å². The van der Waals surface area contributed by atoms with Crippen LogP contribution < -0.4 is 11.3 Å². The fourth-order valence-electron chi connectivity index (χ4n) is 2.36. The van der Waals surface area contributed by atoms with Crippen molar-refractivity contribution in [3.8, 4) is 0 Å². The van der Waals surface area contributed by atoms with Crippen LogP contribution in [0.5, 0.6) is 0 Å². The Morgan fingerprint density at radius 3 is 2.60 bits per heavy atom. The molecular formula is C16H18BrClN2. The van der Waals surface area contributed by atoms with Crippen molar-refractivity contribution >= 4 is 27.5 Å². The van der Waals surface area contributed by atoms with Crippen LogP contribution in [0.1, 0.15) is 29.7 Å². The van der Waals surface area contributed by atoms with E-state index in [9.17, 15) is 0 Å². The van der Waals surface area contributed by atoms with Crippen molar-refractivity contribution in [1.82, 2.24) is 5.43 Å². The van der Waals surface area contributed by atoms with Gasteiger partial charge in [-0.2, -0.15) is 0 Å². The van der Waals surface area contributed by atoms with E-state index < -0.39 is 0 Å². The zero-order valence-corrected chi connectivity index (χ0v) is 13.7. The number of nitrogens with one attached hydrogen (secondary N) is 1. The second kappa shape index (κ2) is 7.23. The third-order valence-electron chi connectivity index (χ3n) is 3.45. The molecule has 106 valence electrons. The highest BCUT2D eigenvalue weighted by Gasteiger charge is 2.15. The highest BCUT2D eigenvalue weighted by molar-refractivity contribution is 9.10. The van der Waals surface area contributed by atoms with Gasteiger partial charge in [-0.1, -0.05) is 64.8 Å². The first-order chi connectivity index (χ1) is 9.65. The van der Waals surface area contributed by atoms with Crippen LogP contribution >= 0.6 is 27.5 Å². The molecule has 0 fully saturated rings. The molecule has 1 unspecified atom stereocenters. The Labute approximate surface area is 133 Å². The van der Waals surface area contributed by atoms with Gasteiger partial charge < -0.3 is 0 Å². The molecule has 0 bridgehead atoms. The molecule has 2 rings (SSSR count). The minimum atomic E-state index is 0.0600. The molecule has 0 aliphatic carbocycles. The van der Waals surface area contributed by atoms with E-state index >= 15 is 0 Å². The van der Waals surface area contributed by atoms with Gasteiger partial charge in [-0.3, -0.25) is 11.3 Å².